The van der Waals surface area contributed by atoms with Crippen LogP contribution in [0.1, 0.15) is 51.9 Å². The Morgan fingerprint density at radius 2 is 1.50 bits per heavy atom. The molecule has 1 fully saturated rings. The predicted octanol–water partition coefficient (Wildman–Crippen LogP) is 1.40. The number of rotatable bonds is 14. The van der Waals surface area contributed by atoms with Crippen molar-refractivity contribution in [1.29, 1.82) is 0 Å². The van der Waals surface area contributed by atoms with Crippen LogP contribution in [0.3, 0.4) is 0 Å². The number of nitrogens with one attached hydrogen (secondary N) is 2. The molecule has 222 valence electrons. The Labute approximate surface area is 234 Å². The molecule has 12 nitrogen and oxygen atoms in total. The Kier molecular flexibility index (Phi) is 13.2. The number of amides is 1. The van der Waals surface area contributed by atoms with Crippen molar-refractivity contribution in [2.45, 2.75) is 72.2 Å². The van der Waals surface area contributed by atoms with Gasteiger partial charge in [-0.15, -0.1) is 0 Å². The Hall–Kier alpha value is -3.35. The molecule has 40 heavy (non-hydrogen) atoms. The minimum atomic E-state index is -1.18. The molecule has 7 atom stereocenters. The SMILES string of the molecule is CC(=O)NC1C(OCC(C)C(C)CNCC(=O)c2ccccc2)OC(COC(C)=O)C(OC(C)=O)C1OC(C)=O. The first-order chi connectivity index (χ1) is 18.9. The molecule has 1 aliphatic heterocycles. The summed E-state index contributed by atoms with van der Waals surface area (Å²) in [6, 6.07) is 7.99. The fraction of sp³-hybridized carbons (Fsp3) is 0.607. The van der Waals surface area contributed by atoms with Gasteiger partial charge in [0.25, 0.3) is 0 Å². The predicted molar refractivity (Wildman–Crippen MR) is 142 cm³/mol. The molecule has 1 saturated heterocycles. The average Bonchev–Trinajstić information content (AvgIpc) is 2.88. The summed E-state index contributed by atoms with van der Waals surface area (Å²) in [7, 11) is 0. The molecule has 7 unspecified atom stereocenters. The van der Waals surface area contributed by atoms with Gasteiger partial charge in [-0.05, 0) is 18.4 Å². The maximum absolute atomic E-state index is 12.3. The molecule has 0 aliphatic carbocycles. The lowest BCUT2D eigenvalue weighted by Gasteiger charge is -2.45. The summed E-state index contributed by atoms with van der Waals surface area (Å²) in [5.41, 5.74) is 0.634. The van der Waals surface area contributed by atoms with E-state index in [2.05, 4.69) is 10.6 Å². The van der Waals surface area contributed by atoms with E-state index in [0.29, 0.717) is 12.1 Å². The first-order valence-electron chi connectivity index (χ1n) is 13.2. The van der Waals surface area contributed by atoms with Crippen LogP contribution in [0, 0.1) is 11.8 Å². The highest BCUT2D eigenvalue weighted by Gasteiger charge is 2.51. The molecule has 2 N–H and O–H groups in total. The van der Waals surface area contributed by atoms with Crippen LogP contribution < -0.4 is 10.6 Å². The molecule has 1 amide bonds. The van der Waals surface area contributed by atoms with Crippen molar-refractivity contribution in [3.8, 4) is 0 Å². The van der Waals surface area contributed by atoms with Crippen LogP contribution in [0.2, 0.25) is 0 Å². The van der Waals surface area contributed by atoms with Gasteiger partial charge in [-0.2, -0.15) is 0 Å². The number of ketones is 1. The fourth-order valence-corrected chi connectivity index (χ4v) is 4.18. The van der Waals surface area contributed by atoms with E-state index in [4.69, 9.17) is 23.7 Å². The van der Waals surface area contributed by atoms with Crippen molar-refractivity contribution in [2.24, 2.45) is 11.8 Å². The number of benzene rings is 1. The molecule has 2 rings (SSSR count). The van der Waals surface area contributed by atoms with Gasteiger partial charge >= 0.3 is 17.9 Å². The molecule has 1 heterocycles. The van der Waals surface area contributed by atoms with Gasteiger partial charge in [0.2, 0.25) is 5.91 Å². The van der Waals surface area contributed by atoms with Gasteiger partial charge < -0.3 is 34.3 Å². The Balaban J connectivity index is 2.11. The van der Waals surface area contributed by atoms with Crippen LogP contribution in [0.4, 0.5) is 0 Å². The van der Waals surface area contributed by atoms with Crippen LogP contribution in [0.15, 0.2) is 30.3 Å². The zero-order valence-corrected chi connectivity index (χ0v) is 23.8. The van der Waals surface area contributed by atoms with Gasteiger partial charge in [0.15, 0.2) is 24.3 Å². The summed E-state index contributed by atoms with van der Waals surface area (Å²) in [5, 5.41) is 5.85. The van der Waals surface area contributed by atoms with Crippen LogP contribution in [-0.4, -0.2) is 86.5 Å². The summed E-state index contributed by atoms with van der Waals surface area (Å²) >= 11 is 0. The second kappa shape index (κ2) is 16.0. The molecular weight excluding hydrogens is 524 g/mol. The monoisotopic (exact) mass is 564 g/mol. The second-order valence-electron chi connectivity index (χ2n) is 9.93. The highest BCUT2D eigenvalue weighted by atomic mass is 16.7. The summed E-state index contributed by atoms with van der Waals surface area (Å²) in [5.74, 6) is -2.34. The third kappa shape index (κ3) is 10.7. The van der Waals surface area contributed by atoms with E-state index >= 15 is 0 Å². The quantitative estimate of drug-likeness (QED) is 0.191. The fourth-order valence-electron chi connectivity index (χ4n) is 4.18. The molecule has 1 aromatic rings. The molecule has 0 radical (unpaired) electrons. The molecule has 0 bridgehead atoms. The minimum Gasteiger partial charge on any atom is -0.463 e. The van der Waals surface area contributed by atoms with Crippen LogP contribution >= 0.6 is 0 Å². The van der Waals surface area contributed by atoms with Gasteiger partial charge in [0.1, 0.15) is 18.8 Å². The topological polar surface area (TPSA) is 156 Å². The van der Waals surface area contributed by atoms with Crippen molar-refractivity contribution in [1.82, 2.24) is 10.6 Å². The first-order valence-corrected chi connectivity index (χ1v) is 13.2. The molecule has 12 heteroatoms. The summed E-state index contributed by atoms with van der Waals surface area (Å²) < 4.78 is 28.1. The smallest absolute Gasteiger partial charge is 0.303 e. The lowest BCUT2D eigenvalue weighted by Crippen LogP contribution is -2.66. The van der Waals surface area contributed by atoms with Crippen molar-refractivity contribution >= 4 is 29.6 Å². The van der Waals surface area contributed by atoms with Crippen LogP contribution in [-0.2, 0) is 42.9 Å². The van der Waals surface area contributed by atoms with E-state index < -0.39 is 54.5 Å². The second-order valence-corrected chi connectivity index (χ2v) is 9.93. The van der Waals surface area contributed by atoms with Crippen molar-refractivity contribution in [3.05, 3.63) is 35.9 Å². The number of carbonyl (C=O) groups excluding carboxylic acids is 5. The average molecular weight is 565 g/mol. The molecular formula is C28H40N2O10. The third-order valence-electron chi connectivity index (χ3n) is 6.41. The Morgan fingerprint density at radius 3 is 2.08 bits per heavy atom. The van der Waals surface area contributed by atoms with Crippen LogP contribution in [0.5, 0.6) is 0 Å². The molecule has 0 aromatic heterocycles. The first kappa shape index (κ1) is 32.9. The van der Waals surface area contributed by atoms with E-state index in [1.165, 1.54) is 27.7 Å². The van der Waals surface area contributed by atoms with Gasteiger partial charge in [-0.25, -0.2) is 0 Å². The zero-order valence-electron chi connectivity index (χ0n) is 23.8. The zero-order chi connectivity index (χ0) is 29.8. The largest absolute Gasteiger partial charge is 0.463 e. The molecule has 1 aromatic carbocycles. The van der Waals surface area contributed by atoms with Gasteiger partial charge in [-0.1, -0.05) is 44.2 Å². The number of hydrogen-bond donors (Lipinski definition) is 2. The van der Waals surface area contributed by atoms with Crippen molar-refractivity contribution in [2.75, 3.05) is 26.3 Å². The van der Waals surface area contributed by atoms with Gasteiger partial charge in [-0.3, -0.25) is 24.0 Å². The Bertz CT molecular complexity index is 1020. The maximum atomic E-state index is 12.3. The molecule has 1 aliphatic rings. The summed E-state index contributed by atoms with van der Waals surface area (Å²) in [6.07, 6.45) is -4.52. The summed E-state index contributed by atoms with van der Waals surface area (Å²) in [4.78, 5) is 59.7. The highest BCUT2D eigenvalue weighted by Crippen LogP contribution is 2.28. The van der Waals surface area contributed by atoms with E-state index in [-0.39, 0.29) is 37.4 Å². The lowest BCUT2D eigenvalue weighted by molar-refractivity contribution is -0.280. The van der Waals surface area contributed by atoms with E-state index in [9.17, 15) is 24.0 Å². The van der Waals surface area contributed by atoms with E-state index in [0.717, 1.165) is 0 Å². The number of hydrogen-bond acceptors (Lipinski definition) is 11. The number of carbonyl (C=O) groups is 5. The number of ether oxygens (including phenoxy) is 5. The molecule has 0 saturated carbocycles. The van der Waals surface area contributed by atoms with Gasteiger partial charge in [0, 0.05) is 33.3 Å². The van der Waals surface area contributed by atoms with Crippen molar-refractivity contribution < 1.29 is 47.7 Å². The number of Topliss-reactive ketones (excluding diaryl/α,β-unsaturated/α-hetero) is 1. The standard InChI is InChI=1S/C28H40N2O10/c1-16(12-29-13-23(35)22-10-8-7-9-11-22)17(2)14-37-28-25(30-18(3)31)27(39-21(6)34)26(38-20(5)33)24(40-28)15-36-19(4)32/h7-11,16-17,24-29H,12-15H2,1-6H3,(H,30,31). The van der Waals surface area contributed by atoms with E-state index in [1.807, 2.05) is 32.0 Å². The van der Waals surface area contributed by atoms with Crippen molar-refractivity contribution in [3.63, 3.8) is 0 Å². The third-order valence-corrected chi connectivity index (χ3v) is 6.41. The summed E-state index contributed by atoms with van der Waals surface area (Å²) in [6.45, 7) is 9.43. The number of esters is 3. The lowest BCUT2D eigenvalue weighted by atomic mass is 9.95. The highest BCUT2D eigenvalue weighted by molar-refractivity contribution is 5.97. The minimum absolute atomic E-state index is 0.0110. The maximum Gasteiger partial charge on any atom is 0.303 e. The van der Waals surface area contributed by atoms with Crippen LogP contribution in [0.25, 0.3) is 0 Å². The normalized spacial score (nSPS) is 23.8. The van der Waals surface area contributed by atoms with Gasteiger partial charge in [0.05, 0.1) is 13.2 Å². The Morgan fingerprint density at radius 1 is 0.875 bits per heavy atom. The van der Waals surface area contributed by atoms with E-state index in [1.54, 1.807) is 12.1 Å². The molecule has 0 spiro atoms.